The molecule has 0 fully saturated rings. The van der Waals surface area contributed by atoms with Gasteiger partial charge in [0, 0.05) is 22.5 Å². The second kappa shape index (κ2) is 6.82. The first-order valence-electron chi connectivity index (χ1n) is 9.40. The maximum absolute atomic E-state index is 5.74. The summed E-state index contributed by atoms with van der Waals surface area (Å²) in [5.74, 6) is 0.839. The minimum atomic E-state index is 0.627. The summed E-state index contributed by atoms with van der Waals surface area (Å²) < 4.78 is 7.75. The molecule has 136 valence electrons. The van der Waals surface area contributed by atoms with E-state index in [0.717, 1.165) is 44.5 Å². The van der Waals surface area contributed by atoms with Crippen molar-refractivity contribution in [2.24, 2.45) is 0 Å². The third-order valence-electron chi connectivity index (χ3n) is 4.84. The molecule has 0 spiro atoms. The van der Waals surface area contributed by atoms with Crippen molar-refractivity contribution in [1.29, 1.82) is 0 Å². The first kappa shape index (κ1) is 16.5. The SMILES string of the molecule is CCOc1ccc2ncc3c(-c4ccccc4)nn(-c4ccccc4)c3c2c1. The zero-order valence-electron chi connectivity index (χ0n) is 15.5. The number of hydrogen-bond acceptors (Lipinski definition) is 3. The Labute approximate surface area is 163 Å². The Morgan fingerprint density at radius 1 is 0.857 bits per heavy atom. The highest BCUT2D eigenvalue weighted by atomic mass is 16.5. The summed E-state index contributed by atoms with van der Waals surface area (Å²) in [5, 5.41) is 7.05. The minimum Gasteiger partial charge on any atom is -0.494 e. The summed E-state index contributed by atoms with van der Waals surface area (Å²) in [6.07, 6.45) is 1.92. The molecule has 0 atom stereocenters. The van der Waals surface area contributed by atoms with Crippen molar-refractivity contribution in [2.45, 2.75) is 6.92 Å². The van der Waals surface area contributed by atoms with Gasteiger partial charge in [-0.05, 0) is 37.3 Å². The van der Waals surface area contributed by atoms with Gasteiger partial charge in [0.2, 0.25) is 0 Å². The fraction of sp³-hybridized carbons (Fsp3) is 0.0833. The number of hydrogen-bond donors (Lipinski definition) is 0. The Kier molecular flexibility index (Phi) is 4.02. The first-order valence-corrected chi connectivity index (χ1v) is 9.40. The van der Waals surface area contributed by atoms with E-state index >= 15 is 0 Å². The maximum atomic E-state index is 5.74. The van der Waals surface area contributed by atoms with E-state index in [1.807, 2.05) is 66.3 Å². The van der Waals surface area contributed by atoms with E-state index in [-0.39, 0.29) is 0 Å². The van der Waals surface area contributed by atoms with E-state index in [2.05, 4.69) is 30.3 Å². The molecule has 2 heterocycles. The highest BCUT2D eigenvalue weighted by molar-refractivity contribution is 6.09. The van der Waals surface area contributed by atoms with Crippen LogP contribution in [0.3, 0.4) is 0 Å². The Balaban J connectivity index is 1.89. The summed E-state index contributed by atoms with van der Waals surface area (Å²) in [5.41, 5.74) is 4.98. The van der Waals surface area contributed by atoms with Crippen LogP contribution < -0.4 is 4.74 Å². The van der Waals surface area contributed by atoms with E-state index in [1.54, 1.807) is 0 Å². The van der Waals surface area contributed by atoms with Crippen molar-refractivity contribution >= 4 is 21.8 Å². The van der Waals surface area contributed by atoms with Crippen LogP contribution in [-0.2, 0) is 0 Å². The Morgan fingerprint density at radius 3 is 2.36 bits per heavy atom. The summed E-state index contributed by atoms with van der Waals surface area (Å²) in [4.78, 5) is 4.69. The van der Waals surface area contributed by atoms with Crippen molar-refractivity contribution in [3.05, 3.63) is 85.1 Å². The summed E-state index contributed by atoms with van der Waals surface area (Å²) >= 11 is 0. The molecule has 5 rings (SSSR count). The lowest BCUT2D eigenvalue weighted by atomic mass is 10.1. The molecule has 0 unspecified atom stereocenters. The first-order chi connectivity index (χ1) is 13.8. The van der Waals surface area contributed by atoms with Gasteiger partial charge in [-0.15, -0.1) is 0 Å². The smallest absolute Gasteiger partial charge is 0.120 e. The highest BCUT2D eigenvalue weighted by Gasteiger charge is 2.17. The van der Waals surface area contributed by atoms with Gasteiger partial charge in [-0.2, -0.15) is 5.10 Å². The zero-order valence-corrected chi connectivity index (χ0v) is 15.5. The molecule has 0 saturated carbocycles. The van der Waals surface area contributed by atoms with Crippen molar-refractivity contribution in [1.82, 2.24) is 14.8 Å². The van der Waals surface area contributed by atoms with Crippen LogP contribution in [0.4, 0.5) is 0 Å². The fourth-order valence-electron chi connectivity index (χ4n) is 3.58. The van der Waals surface area contributed by atoms with Crippen LogP contribution in [0.25, 0.3) is 38.8 Å². The van der Waals surface area contributed by atoms with Crippen LogP contribution in [0.15, 0.2) is 85.1 Å². The van der Waals surface area contributed by atoms with Gasteiger partial charge in [0.05, 0.1) is 23.3 Å². The zero-order chi connectivity index (χ0) is 18.9. The van der Waals surface area contributed by atoms with E-state index in [0.29, 0.717) is 6.61 Å². The minimum absolute atomic E-state index is 0.627. The molecule has 3 aromatic carbocycles. The van der Waals surface area contributed by atoms with E-state index in [1.165, 1.54) is 0 Å². The topological polar surface area (TPSA) is 39.9 Å². The molecular formula is C24H19N3O. The molecular weight excluding hydrogens is 346 g/mol. The number of aromatic nitrogens is 3. The second-order valence-corrected chi connectivity index (χ2v) is 6.59. The van der Waals surface area contributed by atoms with Gasteiger partial charge in [0.15, 0.2) is 0 Å². The molecule has 0 N–H and O–H groups in total. The van der Waals surface area contributed by atoms with Crippen LogP contribution in [0.1, 0.15) is 6.92 Å². The lowest BCUT2D eigenvalue weighted by Gasteiger charge is -2.08. The summed E-state index contributed by atoms with van der Waals surface area (Å²) in [7, 11) is 0. The van der Waals surface area contributed by atoms with Gasteiger partial charge in [-0.3, -0.25) is 4.98 Å². The van der Waals surface area contributed by atoms with Crippen molar-refractivity contribution < 1.29 is 4.74 Å². The quantitative estimate of drug-likeness (QED) is 0.414. The third kappa shape index (κ3) is 2.70. The molecule has 5 aromatic rings. The standard InChI is InChI=1S/C24H19N3O/c1-2-28-19-13-14-22-20(15-19)24-21(16-25-22)23(17-9-5-3-6-10-17)26-27(24)18-11-7-4-8-12-18/h3-16H,2H2,1H3. The Morgan fingerprint density at radius 2 is 1.61 bits per heavy atom. The number of ether oxygens (including phenoxy) is 1. The van der Waals surface area contributed by atoms with Gasteiger partial charge in [0.1, 0.15) is 11.4 Å². The van der Waals surface area contributed by atoms with Crippen LogP contribution in [-0.4, -0.2) is 21.4 Å². The normalized spacial score (nSPS) is 11.2. The largest absolute Gasteiger partial charge is 0.494 e. The van der Waals surface area contributed by atoms with E-state index < -0.39 is 0 Å². The number of rotatable bonds is 4. The molecule has 0 radical (unpaired) electrons. The highest BCUT2D eigenvalue weighted by Crippen LogP contribution is 2.34. The summed E-state index contributed by atoms with van der Waals surface area (Å²) in [6.45, 7) is 2.62. The molecule has 0 saturated heterocycles. The molecule has 4 nitrogen and oxygen atoms in total. The molecule has 0 aliphatic heterocycles. The predicted molar refractivity (Wildman–Crippen MR) is 113 cm³/mol. The van der Waals surface area contributed by atoms with Crippen LogP contribution in [0, 0.1) is 0 Å². The lowest BCUT2D eigenvalue weighted by Crippen LogP contribution is -1.97. The average molecular weight is 365 g/mol. The number of fused-ring (bicyclic) bond motifs is 3. The van der Waals surface area contributed by atoms with Gasteiger partial charge >= 0.3 is 0 Å². The molecule has 0 aliphatic rings. The number of nitrogens with zero attached hydrogens (tertiary/aromatic N) is 3. The third-order valence-corrected chi connectivity index (χ3v) is 4.84. The van der Waals surface area contributed by atoms with Gasteiger partial charge in [0.25, 0.3) is 0 Å². The fourth-order valence-corrected chi connectivity index (χ4v) is 3.58. The number of benzene rings is 3. The Hall–Kier alpha value is -3.66. The number of para-hydroxylation sites is 1. The number of pyridine rings is 1. The van der Waals surface area contributed by atoms with Crippen molar-refractivity contribution in [3.8, 4) is 22.7 Å². The molecule has 0 bridgehead atoms. The van der Waals surface area contributed by atoms with Crippen LogP contribution >= 0.6 is 0 Å². The van der Waals surface area contributed by atoms with Crippen molar-refractivity contribution in [2.75, 3.05) is 6.61 Å². The molecule has 0 amide bonds. The monoisotopic (exact) mass is 365 g/mol. The van der Waals surface area contributed by atoms with Crippen molar-refractivity contribution in [3.63, 3.8) is 0 Å². The maximum Gasteiger partial charge on any atom is 0.120 e. The van der Waals surface area contributed by atoms with Gasteiger partial charge < -0.3 is 4.74 Å². The van der Waals surface area contributed by atoms with E-state index in [4.69, 9.17) is 14.8 Å². The van der Waals surface area contributed by atoms with Gasteiger partial charge in [-0.1, -0.05) is 48.5 Å². The average Bonchev–Trinajstić information content (AvgIpc) is 3.15. The molecule has 0 aliphatic carbocycles. The molecule has 28 heavy (non-hydrogen) atoms. The molecule has 4 heteroatoms. The Bertz CT molecular complexity index is 1260. The van der Waals surface area contributed by atoms with Crippen LogP contribution in [0.2, 0.25) is 0 Å². The molecule has 2 aromatic heterocycles. The lowest BCUT2D eigenvalue weighted by molar-refractivity contribution is 0.341. The second-order valence-electron chi connectivity index (χ2n) is 6.59. The van der Waals surface area contributed by atoms with Crippen LogP contribution in [0.5, 0.6) is 5.75 Å². The predicted octanol–water partition coefficient (Wildman–Crippen LogP) is 5.64. The van der Waals surface area contributed by atoms with E-state index in [9.17, 15) is 0 Å². The summed E-state index contributed by atoms with van der Waals surface area (Å²) in [6, 6.07) is 26.5. The van der Waals surface area contributed by atoms with Gasteiger partial charge in [-0.25, -0.2) is 4.68 Å².